The zero-order valence-corrected chi connectivity index (χ0v) is 31.2. The summed E-state index contributed by atoms with van der Waals surface area (Å²) in [6.45, 7) is 9.72. The van der Waals surface area contributed by atoms with Gasteiger partial charge in [0, 0.05) is 68.1 Å². The molecule has 7 rings (SSSR count). The lowest BCUT2D eigenvalue weighted by atomic mass is 9.45. The van der Waals surface area contributed by atoms with Gasteiger partial charge < -0.3 is 30.5 Å². The van der Waals surface area contributed by atoms with E-state index in [1.807, 2.05) is 78.5 Å². The molecule has 51 heavy (non-hydrogen) atoms. The summed E-state index contributed by atoms with van der Waals surface area (Å²) in [5, 5.41) is 28.5. The molecule has 0 spiro atoms. The van der Waals surface area contributed by atoms with Crippen LogP contribution in [0.2, 0.25) is 0 Å². The predicted octanol–water partition coefficient (Wildman–Crippen LogP) is 5.13. The number of para-hydroxylation sites is 1. The molecule has 0 unspecified atom stereocenters. The fraction of sp³-hybridized carbons (Fsp3) is 0.524. The third-order valence-corrected chi connectivity index (χ3v) is 12.4. The van der Waals surface area contributed by atoms with Crippen molar-refractivity contribution in [3.05, 3.63) is 83.4 Å². The number of nitrogens with one attached hydrogen (secondary N) is 2. The van der Waals surface area contributed by atoms with Gasteiger partial charge in [-0.25, -0.2) is 0 Å². The van der Waals surface area contributed by atoms with Crippen molar-refractivity contribution in [3.8, 4) is 16.9 Å². The molecule has 3 aromatic carbocycles. The molecule has 1 aliphatic heterocycles. The zero-order valence-electron chi connectivity index (χ0n) is 31.2. The van der Waals surface area contributed by atoms with Crippen LogP contribution in [0.25, 0.3) is 11.1 Å². The molecular weight excluding hydrogens is 640 g/mol. The molecule has 3 aromatic rings. The first kappa shape index (κ1) is 36.9. The van der Waals surface area contributed by atoms with Crippen LogP contribution in [0.1, 0.15) is 62.0 Å². The molecule has 9 heteroatoms. The number of fused-ring (bicyclic) bond motifs is 2. The number of nitrogens with zero attached hydrogens (tertiary/aromatic N) is 2. The van der Waals surface area contributed by atoms with Gasteiger partial charge in [0.2, 0.25) is 5.91 Å². The summed E-state index contributed by atoms with van der Waals surface area (Å²) in [5.74, 6) is 1.28. The highest BCUT2D eigenvalue weighted by atomic mass is 16.5. The minimum absolute atomic E-state index is 0.0788. The van der Waals surface area contributed by atoms with Crippen molar-refractivity contribution in [2.45, 2.75) is 77.8 Å². The summed E-state index contributed by atoms with van der Waals surface area (Å²) in [6.07, 6.45) is 1.20. The quantitative estimate of drug-likeness (QED) is 0.208. The zero-order chi connectivity index (χ0) is 36.6. The number of hydrogen-bond donors (Lipinski definition) is 4. The lowest BCUT2D eigenvalue weighted by Crippen LogP contribution is -2.62. The van der Waals surface area contributed by atoms with E-state index in [-0.39, 0.29) is 24.4 Å². The summed E-state index contributed by atoms with van der Waals surface area (Å²) in [5.41, 5.74) is 5.40. The molecule has 1 heterocycles. The Balaban J connectivity index is 1.25. The van der Waals surface area contributed by atoms with Gasteiger partial charge in [0.15, 0.2) is 0 Å². The molecule has 2 amide bonds. The van der Waals surface area contributed by atoms with Gasteiger partial charge in [-0.15, -0.1) is 0 Å². The number of aliphatic hydroxyl groups excluding tert-OH is 2. The summed E-state index contributed by atoms with van der Waals surface area (Å²) >= 11 is 0. The second-order valence-electron chi connectivity index (χ2n) is 16.0. The minimum Gasteiger partial charge on any atom is -0.496 e. The van der Waals surface area contributed by atoms with Crippen LogP contribution >= 0.6 is 0 Å². The number of amides is 2. The molecule has 2 bridgehead atoms. The van der Waals surface area contributed by atoms with Gasteiger partial charge in [-0.2, -0.15) is 0 Å². The number of ether oxygens (including phenoxy) is 1. The number of benzene rings is 3. The predicted molar refractivity (Wildman–Crippen MR) is 202 cm³/mol. The first-order valence-corrected chi connectivity index (χ1v) is 18.5. The van der Waals surface area contributed by atoms with Crippen LogP contribution < -0.4 is 20.3 Å². The molecule has 4 fully saturated rings. The Bertz CT molecular complexity index is 1710. The average molecular weight is 697 g/mol. The van der Waals surface area contributed by atoms with Gasteiger partial charge in [-0.05, 0) is 78.7 Å². The van der Waals surface area contributed by atoms with E-state index in [4.69, 9.17) is 4.74 Å². The Morgan fingerprint density at radius 2 is 1.80 bits per heavy atom. The van der Waals surface area contributed by atoms with Crippen molar-refractivity contribution in [2.75, 3.05) is 39.2 Å². The van der Waals surface area contributed by atoms with Gasteiger partial charge in [-0.3, -0.25) is 14.5 Å². The molecule has 3 saturated carbocycles. The number of β-amino-alcohol motifs (C(OH)–C–C–N with tert-alkyl or cyclic N) is 1. The molecule has 4 N–H and O–H groups in total. The Kier molecular flexibility index (Phi) is 10.8. The Labute approximate surface area is 303 Å². The Morgan fingerprint density at radius 3 is 2.45 bits per heavy atom. The summed E-state index contributed by atoms with van der Waals surface area (Å²) < 4.78 is 6.07. The number of rotatable bonds is 12. The normalized spacial score (nSPS) is 27.3. The summed E-state index contributed by atoms with van der Waals surface area (Å²) in [7, 11) is 5.53. The SMILES string of the molecule is COc1c(CN2C[C@H](O)[C@@H]([C@H](C)O)[C@H]2C(=O)N[C@H]2C[C@H]3C[C@@H]([C@@H]2C)C3(C)C)cccc1-c1cc(C(=O)NCCc2ccccc2)cc(N(C)C)c1. The maximum Gasteiger partial charge on any atom is 0.251 e. The van der Waals surface area contributed by atoms with Crippen LogP contribution in [0.5, 0.6) is 5.75 Å². The maximum absolute atomic E-state index is 14.2. The fourth-order valence-electron chi connectivity index (χ4n) is 9.25. The van der Waals surface area contributed by atoms with Crippen molar-refractivity contribution in [1.82, 2.24) is 15.5 Å². The van der Waals surface area contributed by atoms with E-state index in [1.54, 1.807) is 14.0 Å². The van der Waals surface area contributed by atoms with Crippen LogP contribution in [0, 0.1) is 29.1 Å². The molecule has 8 atom stereocenters. The topological polar surface area (TPSA) is 114 Å². The molecule has 3 aliphatic carbocycles. The number of likely N-dealkylation sites (tertiary alicyclic amines) is 1. The van der Waals surface area contributed by atoms with E-state index in [2.05, 4.69) is 43.5 Å². The molecular formula is C42H56N4O5. The third kappa shape index (κ3) is 7.39. The molecule has 274 valence electrons. The number of carbonyl (C=O) groups excluding carboxylic acids is 2. The standard InChI is InChI=1S/C42H56N4O5/c1-25-34-21-31(42(34,3)4)22-35(25)44-41(50)38-37(26(2)47)36(48)24-46(38)23-28-14-11-15-33(39(28)51-7)29-18-30(20-32(19-29)45(5)6)40(49)43-17-16-27-12-9-8-10-13-27/h8-15,18-20,25-26,31,34-38,47-48H,16-17,21-24H2,1-7H3,(H,43,49)(H,44,50)/t25-,26-,31+,34-,35-,36-,37+,38-/m0/s1. The van der Waals surface area contributed by atoms with Gasteiger partial charge in [0.05, 0.1) is 25.4 Å². The van der Waals surface area contributed by atoms with Crippen molar-refractivity contribution in [3.63, 3.8) is 0 Å². The van der Waals surface area contributed by atoms with E-state index in [0.29, 0.717) is 47.6 Å². The summed E-state index contributed by atoms with van der Waals surface area (Å²) in [6, 6.07) is 21.2. The van der Waals surface area contributed by atoms with E-state index >= 15 is 0 Å². The first-order valence-electron chi connectivity index (χ1n) is 18.5. The van der Waals surface area contributed by atoms with Crippen molar-refractivity contribution in [1.29, 1.82) is 0 Å². The van der Waals surface area contributed by atoms with Crippen LogP contribution in [0.4, 0.5) is 5.69 Å². The van der Waals surface area contributed by atoms with Crippen molar-refractivity contribution < 1.29 is 24.5 Å². The smallest absolute Gasteiger partial charge is 0.251 e. The largest absolute Gasteiger partial charge is 0.496 e. The first-order chi connectivity index (χ1) is 24.3. The van der Waals surface area contributed by atoms with E-state index in [0.717, 1.165) is 40.8 Å². The molecule has 0 radical (unpaired) electrons. The Morgan fingerprint density at radius 1 is 1.06 bits per heavy atom. The van der Waals surface area contributed by atoms with Crippen LogP contribution in [0.15, 0.2) is 66.7 Å². The van der Waals surface area contributed by atoms with Crippen molar-refractivity contribution in [2.24, 2.45) is 29.1 Å². The third-order valence-electron chi connectivity index (χ3n) is 12.4. The van der Waals surface area contributed by atoms with E-state index < -0.39 is 24.2 Å². The van der Waals surface area contributed by atoms with Gasteiger partial charge in [-0.1, -0.05) is 69.3 Å². The number of carbonyl (C=O) groups is 2. The molecule has 1 saturated heterocycles. The molecule has 9 nitrogen and oxygen atoms in total. The van der Waals surface area contributed by atoms with E-state index in [9.17, 15) is 19.8 Å². The van der Waals surface area contributed by atoms with Gasteiger partial charge in [0.25, 0.3) is 5.91 Å². The molecule has 0 aromatic heterocycles. The second-order valence-corrected chi connectivity index (χ2v) is 16.0. The highest BCUT2D eigenvalue weighted by Gasteiger charge is 2.57. The number of anilines is 1. The highest BCUT2D eigenvalue weighted by Crippen LogP contribution is 2.61. The van der Waals surface area contributed by atoms with Crippen LogP contribution in [-0.4, -0.2) is 85.5 Å². The number of aliphatic hydroxyl groups is 2. The van der Waals surface area contributed by atoms with Gasteiger partial charge >= 0.3 is 0 Å². The van der Waals surface area contributed by atoms with Crippen LogP contribution in [0.3, 0.4) is 0 Å². The number of hydrogen-bond acceptors (Lipinski definition) is 7. The van der Waals surface area contributed by atoms with Gasteiger partial charge in [0.1, 0.15) is 5.75 Å². The average Bonchev–Trinajstić information content (AvgIpc) is 3.44. The van der Waals surface area contributed by atoms with E-state index in [1.165, 1.54) is 6.42 Å². The lowest BCUT2D eigenvalue weighted by Gasteiger charge is -2.62. The maximum atomic E-state index is 14.2. The lowest BCUT2D eigenvalue weighted by molar-refractivity contribution is -0.139. The number of methoxy groups -OCH3 is 1. The fourth-order valence-corrected chi connectivity index (χ4v) is 9.25. The second kappa shape index (κ2) is 15.0. The highest BCUT2D eigenvalue weighted by molar-refractivity contribution is 5.97. The summed E-state index contributed by atoms with van der Waals surface area (Å²) in [4.78, 5) is 31.5. The van der Waals surface area contributed by atoms with Crippen molar-refractivity contribution >= 4 is 17.5 Å². The molecule has 4 aliphatic rings. The monoisotopic (exact) mass is 696 g/mol. The van der Waals surface area contributed by atoms with Crippen LogP contribution in [-0.2, 0) is 17.8 Å². The minimum atomic E-state index is -0.865. The Hall–Kier alpha value is -3.92.